The van der Waals surface area contributed by atoms with Crippen LogP contribution in [-0.2, 0) is 9.59 Å². The molecule has 4 nitrogen and oxygen atoms in total. The summed E-state index contributed by atoms with van der Waals surface area (Å²) in [5.74, 6) is -46.8. The van der Waals surface area contributed by atoms with E-state index in [0.29, 0.717) is 0 Å². The van der Waals surface area contributed by atoms with Crippen molar-refractivity contribution in [3.63, 3.8) is 0 Å². The van der Waals surface area contributed by atoms with Crippen molar-refractivity contribution in [1.82, 2.24) is 0 Å². The Hall–Kier alpha value is 0.0300. The maximum absolute atomic E-state index is 13.3. The summed E-state index contributed by atoms with van der Waals surface area (Å²) in [7, 11) is 0. The SMILES string of the molecule is O=C([O-])C(CCC(F)(F)C(F)(F)C(F)(F)C(F)(F)C(F)(F)C(F)(F)F)C(=O)[O-].[Na+].[Na+]. The zero-order valence-corrected chi connectivity index (χ0v) is 18.5. The van der Waals surface area contributed by atoms with Gasteiger partial charge in [0.25, 0.3) is 0 Å². The minimum absolute atomic E-state index is 0. The molecule has 0 atom stereocenters. The molecule has 0 heterocycles. The molecule has 0 amide bonds. The van der Waals surface area contributed by atoms with E-state index in [1.54, 1.807) is 0 Å². The molecule has 0 saturated heterocycles. The number of halogens is 13. The molecule has 0 aliphatic rings. The van der Waals surface area contributed by atoms with E-state index in [1.165, 1.54) is 0 Å². The Balaban J connectivity index is -0.00000364. The van der Waals surface area contributed by atoms with Crippen LogP contribution < -0.4 is 69.3 Å². The number of carboxylic acid groups (broad SMARTS) is 2. The van der Waals surface area contributed by atoms with Gasteiger partial charge in [0, 0.05) is 12.3 Å². The van der Waals surface area contributed by atoms with Gasteiger partial charge in [0.15, 0.2) is 0 Å². The Morgan fingerprint density at radius 1 is 0.600 bits per heavy atom. The van der Waals surface area contributed by atoms with Gasteiger partial charge in [0.05, 0.1) is 11.9 Å². The Bertz CT molecular complexity index is 607. The minimum Gasteiger partial charge on any atom is -0.549 e. The van der Waals surface area contributed by atoms with Crippen molar-refractivity contribution in [3.05, 3.63) is 0 Å². The van der Waals surface area contributed by atoms with Gasteiger partial charge in [-0.25, -0.2) is 0 Å². The second kappa shape index (κ2) is 10.3. The first-order chi connectivity index (χ1) is 12.0. The molecule has 0 aromatic heterocycles. The number of aliphatic carboxylic acids is 2. The average molecular weight is 494 g/mol. The van der Waals surface area contributed by atoms with Crippen LogP contribution in [-0.4, -0.2) is 47.7 Å². The van der Waals surface area contributed by atoms with Crippen molar-refractivity contribution in [2.45, 2.75) is 48.6 Å². The van der Waals surface area contributed by atoms with Crippen LogP contribution in [0.2, 0.25) is 0 Å². The van der Waals surface area contributed by atoms with E-state index in [9.17, 15) is 76.9 Å². The molecule has 166 valence electrons. The number of carboxylic acids is 2. The van der Waals surface area contributed by atoms with Crippen molar-refractivity contribution in [2.75, 3.05) is 0 Å². The normalized spacial score (nSPS) is 14.1. The molecule has 0 N–H and O–H groups in total. The Labute approximate surface area is 201 Å². The molecule has 0 saturated carbocycles. The van der Waals surface area contributed by atoms with Crippen LogP contribution >= 0.6 is 0 Å². The molecule has 0 aromatic rings. The third-order valence-electron chi connectivity index (χ3n) is 3.31. The van der Waals surface area contributed by atoms with Crippen molar-refractivity contribution in [2.24, 2.45) is 5.92 Å². The number of rotatable bonds is 9. The van der Waals surface area contributed by atoms with E-state index < -0.39 is 66.5 Å². The summed E-state index contributed by atoms with van der Waals surface area (Å²) in [4.78, 5) is 20.5. The fourth-order valence-corrected chi connectivity index (χ4v) is 1.62. The van der Waals surface area contributed by atoms with Crippen LogP contribution in [0.15, 0.2) is 0 Å². The van der Waals surface area contributed by atoms with Gasteiger partial charge in [-0.3, -0.25) is 0 Å². The molecular weight excluding hydrogens is 489 g/mol. The Morgan fingerprint density at radius 3 is 1.17 bits per heavy atom. The van der Waals surface area contributed by atoms with Crippen molar-refractivity contribution < 1.29 is 136 Å². The molecule has 30 heavy (non-hydrogen) atoms. The summed E-state index contributed by atoms with van der Waals surface area (Å²) >= 11 is 0. The second-order valence-electron chi connectivity index (χ2n) is 5.23. The Kier molecular flexibility index (Phi) is 11.9. The van der Waals surface area contributed by atoms with Crippen LogP contribution in [0, 0.1) is 5.92 Å². The fourth-order valence-electron chi connectivity index (χ4n) is 1.62. The number of alkyl halides is 13. The van der Waals surface area contributed by atoms with Gasteiger partial charge in [-0.15, -0.1) is 0 Å². The molecule has 0 spiro atoms. The van der Waals surface area contributed by atoms with Crippen LogP contribution in [0.3, 0.4) is 0 Å². The summed E-state index contributed by atoms with van der Waals surface area (Å²) in [6, 6.07) is 0. The number of hydrogen-bond acceptors (Lipinski definition) is 4. The zero-order valence-electron chi connectivity index (χ0n) is 14.5. The molecule has 0 fully saturated rings. The monoisotopic (exact) mass is 494 g/mol. The number of carbonyl (C=O) groups excluding carboxylic acids is 2. The van der Waals surface area contributed by atoms with E-state index in [-0.39, 0.29) is 59.1 Å². The first-order valence-electron chi connectivity index (χ1n) is 6.36. The smallest absolute Gasteiger partial charge is 0.549 e. The standard InChI is InChI=1S/C11H7F13O4.2Na/c12-6(13,2-1-3(4(25)26)5(27)28)7(14,15)8(16,17)9(18,19)10(20,21)11(22,23)24;;/h3H,1-2H2,(H,25,26)(H,27,28);;/q;2*+1/p-2. The minimum atomic E-state index is -8.09. The van der Waals surface area contributed by atoms with Gasteiger partial charge in [-0.05, 0) is 6.42 Å². The van der Waals surface area contributed by atoms with E-state index in [4.69, 9.17) is 0 Å². The summed E-state index contributed by atoms with van der Waals surface area (Å²) in [5.41, 5.74) is 0. The van der Waals surface area contributed by atoms with Gasteiger partial charge in [-0.2, -0.15) is 57.1 Å². The van der Waals surface area contributed by atoms with Gasteiger partial charge < -0.3 is 19.8 Å². The van der Waals surface area contributed by atoms with Crippen LogP contribution in [0.25, 0.3) is 0 Å². The molecule has 19 heteroatoms. The predicted octanol–water partition coefficient (Wildman–Crippen LogP) is -4.37. The second-order valence-corrected chi connectivity index (χ2v) is 5.23. The van der Waals surface area contributed by atoms with Crippen LogP contribution in [0.4, 0.5) is 57.1 Å². The first kappa shape index (κ1) is 34.6. The van der Waals surface area contributed by atoms with E-state index in [1.807, 2.05) is 0 Å². The quantitative estimate of drug-likeness (QED) is 0.185. The molecular formula is C11H5F13Na2O4. The molecule has 0 radical (unpaired) electrons. The molecule has 0 bridgehead atoms. The van der Waals surface area contributed by atoms with Crippen LogP contribution in [0.5, 0.6) is 0 Å². The van der Waals surface area contributed by atoms with Crippen molar-refractivity contribution in [1.29, 1.82) is 0 Å². The van der Waals surface area contributed by atoms with E-state index in [0.717, 1.165) is 0 Å². The van der Waals surface area contributed by atoms with Crippen molar-refractivity contribution in [3.8, 4) is 0 Å². The van der Waals surface area contributed by atoms with E-state index in [2.05, 4.69) is 0 Å². The van der Waals surface area contributed by atoms with Gasteiger partial charge >= 0.3 is 94.9 Å². The summed E-state index contributed by atoms with van der Waals surface area (Å²) in [6.45, 7) is 0. The predicted molar refractivity (Wildman–Crippen MR) is 53.5 cm³/mol. The zero-order chi connectivity index (χ0) is 23.1. The average Bonchev–Trinajstić information content (AvgIpc) is 2.44. The fraction of sp³-hybridized carbons (Fsp3) is 0.818. The third-order valence-corrected chi connectivity index (χ3v) is 3.31. The molecule has 0 rings (SSSR count). The van der Waals surface area contributed by atoms with Crippen LogP contribution in [0.1, 0.15) is 12.8 Å². The first-order valence-corrected chi connectivity index (χ1v) is 6.36. The summed E-state index contributed by atoms with van der Waals surface area (Å²) in [5, 5.41) is 20.5. The van der Waals surface area contributed by atoms with Gasteiger partial charge in [0.2, 0.25) is 0 Å². The molecule has 0 unspecified atom stereocenters. The van der Waals surface area contributed by atoms with E-state index >= 15 is 0 Å². The number of hydrogen-bond donors (Lipinski definition) is 0. The summed E-state index contributed by atoms with van der Waals surface area (Å²) in [6.07, 6.45) is -12.7. The molecule has 0 aromatic carbocycles. The topological polar surface area (TPSA) is 80.3 Å². The maximum Gasteiger partial charge on any atom is 1.00 e. The van der Waals surface area contributed by atoms with Gasteiger partial charge in [0.1, 0.15) is 0 Å². The molecule has 0 aliphatic heterocycles. The number of carbonyl (C=O) groups is 2. The molecule has 0 aliphatic carbocycles. The Morgan fingerprint density at radius 2 is 0.900 bits per heavy atom. The third kappa shape index (κ3) is 5.88. The maximum atomic E-state index is 13.3. The largest absolute Gasteiger partial charge is 1.00 e. The summed E-state index contributed by atoms with van der Waals surface area (Å²) < 4.78 is 166. The van der Waals surface area contributed by atoms with Crippen molar-refractivity contribution >= 4 is 11.9 Å². The van der Waals surface area contributed by atoms with Gasteiger partial charge in [-0.1, -0.05) is 0 Å².